The maximum absolute atomic E-state index is 11.2. The topological polar surface area (TPSA) is 81.5 Å². The van der Waals surface area contributed by atoms with Crippen LogP contribution < -0.4 is 9.47 Å². The summed E-state index contributed by atoms with van der Waals surface area (Å²) in [6.45, 7) is 0. The minimum Gasteiger partial charge on any atom is -0.493 e. The fraction of sp³-hybridized carbons (Fsp3) is 0.0833. The van der Waals surface area contributed by atoms with Crippen LogP contribution in [0.3, 0.4) is 0 Å². The molecule has 1 aromatic carbocycles. The quantitative estimate of drug-likeness (QED) is 0.932. The molecular weight excluding hydrogens is 307 g/mol. The first kappa shape index (κ1) is 14.4. The molecule has 0 unspecified atom stereocenters. The van der Waals surface area contributed by atoms with Crippen LogP contribution in [-0.4, -0.2) is 28.4 Å². The minimum atomic E-state index is -1.16. The first-order valence-corrected chi connectivity index (χ1v) is 6.05. The molecule has 0 radical (unpaired) electrons. The molecule has 0 saturated carbocycles. The van der Waals surface area contributed by atoms with E-state index in [-0.39, 0.29) is 33.1 Å². The number of para-hydroxylation sites is 1. The van der Waals surface area contributed by atoms with E-state index in [1.54, 1.807) is 6.07 Å². The molecular formula is C12H8Cl2N2O4. The maximum atomic E-state index is 11.2. The Hall–Kier alpha value is -2.05. The van der Waals surface area contributed by atoms with E-state index in [1.807, 2.05) is 0 Å². The summed E-state index contributed by atoms with van der Waals surface area (Å²) in [6, 6.07) is 5.81. The molecule has 0 fully saturated rings. The first-order valence-electron chi connectivity index (χ1n) is 5.29. The second-order valence-electron chi connectivity index (χ2n) is 3.57. The van der Waals surface area contributed by atoms with Gasteiger partial charge < -0.3 is 14.6 Å². The van der Waals surface area contributed by atoms with Crippen molar-refractivity contribution in [3.63, 3.8) is 0 Å². The molecule has 0 bridgehead atoms. The lowest BCUT2D eigenvalue weighted by molar-refractivity contribution is 0.0693. The van der Waals surface area contributed by atoms with E-state index >= 15 is 0 Å². The number of hydrogen-bond donors (Lipinski definition) is 1. The van der Waals surface area contributed by atoms with Gasteiger partial charge in [-0.3, -0.25) is 0 Å². The molecule has 0 aliphatic heterocycles. The summed E-state index contributed by atoms with van der Waals surface area (Å²) in [5, 5.41) is 16.3. The Morgan fingerprint density at radius 3 is 2.65 bits per heavy atom. The van der Waals surface area contributed by atoms with Crippen LogP contribution in [0.25, 0.3) is 0 Å². The van der Waals surface area contributed by atoms with Crippen LogP contribution in [-0.2, 0) is 0 Å². The fourth-order valence-corrected chi connectivity index (χ4v) is 1.74. The molecule has 8 heteroatoms. The molecule has 2 rings (SSSR count). The second-order valence-corrected chi connectivity index (χ2v) is 4.31. The van der Waals surface area contributed by atoms with Gasteiger partial charge in [-0.15, -0.1) is 10.2 Å². The predicted molar refractivity (Wildman–Crippen MR) is 72.1 cm³/mol. The van der Waals surface area contributed by atoms with Gasteiger partial charge in [-0.2, -0.15) is 0 Å². The van der Waals surface area contributed by atoms with Crippen molar-refractivity contribution in [1.29, 1.82) is 0 Å². The summed E-state index contributed by atoms with van der Waals surface area (Å²) < 4.78 is 10.6. The van der Waals surface area contributed by atoms with E-state index in [9.17, 15) is 4.79 Å². The lowest BCUT2D eigenvalue weighted by atomic mass is 10.2. The number of ether oxygens (including phenoxy) is 2. The molecule has 0 amide bonds. The molecule has 1 N–H and O–H groups in total. The molecule has 0 atom stereocenters. The summed E-state index contributed by atoms with van der Waals surface area (Å²) in [5.41, 5.74) is -0.0756. The monoisotopic (exact) mass is 314 g/mol. The zero-order chi connectivity index (χ0) is 14.7. The summed E-state index contributed by atoms with van der Waals surface area (Å²) >= 11 is 11.5. The molecule has 6 nitrogen and oxygen atoms in total. The van der Waals surface area contributed by atoms with Crippen LogP contribution in [0.2, 0.25) is 10.3 Å². The van der Waals surface area contributed by atoms with E-state index in [0.29, 0.717) is 0 Å². The molecule has 2 aromatic rings. The number of halogens is 2. The number of benzene rings is 1. The molecule has 0 aliphatic rings. The predicted octanol–water partition coefficient (Wildman–Crippen LogP) is 3.28. The standard InChI is InChI=1S/C12H8Cl2N2O4/c1-19-7-4-2-3-6(12(17)18)10(7)20-8-5-9(13)15-16-11(8)14/h2-5H,1H3,(H,17,18). The van der Waals surface area contributed by atoms with Crippen molar-refractivity contribution in [2.24, 2.45) is 0 Å². The van der Waals surface area contributed by atoms with E-state index in [4.69, 9.17) is 37.8 Å². The van der Waals surface area contributed by atoms with Gasteiger partial charge in [0.2, 0.25) is 0 Å². The van der Waals surface area contributed by atoms with Crippen LogP contribution in [0.4, 0.5) is 0 Å². The van der Waals surface area contributed by atoms with Crippen molar-refractivity contribution < 1.29 is 19.4 Å². The number of rotatable bonds is 4. The van der Waals surface area contributed by atoms with Crippen LogP contribution in [0.15, 0.2) is 24.3 Å². The van der Waals surface area contributed by atoms with Gasteiger partial charge >= 0.3 is 5.97 Å². The van der Waals surface area contributed by atoms with Crippen LogP contribution in [0, 0.1) is 0 Å². The van der Waals surface area contributed by atoms with Gasteiger partial charge in [-0.25, -0.2) is 4.79 Å². The number of hydrogen-bond acceptors (Lipinski definition) is 5. The Bertz CT molecular complexity index is 664. The Kier molecular flexibility index (Phi) is 4.26. The SMILES string of the molecule is COc1cccc(C(=O)O)c1Oc1cc(Cl)nnc1Cl. The number of carboxylic acid groups (broad SMARTS) is 1. The largest absolute Gasteiger partial charge is 0.493 e. The van der Waals surface area contributed by atoms with E-state index in [0.717, 1.165) is 0 Å². The van der Waals surface area contributed by atoms with Crippen molar-refractivity contribution in [3.05, 3.63) is 40.1 Å². The van der Waals surface area contributed by atoms with E-state index in [1.165, 1.54) is 25.3 Å². The third kappa shape index (κ3) is 2.92. The number of carboxylic acids is 1. The van der Waals surface area contributed by atoms with Crippen molar-refractivity contribution in [2.45, 2.75) is 0 Å². The summed E-state index contributed by atoms with van der Waals surface area (Å²) in [4.78, 5) is 11.2. The number of aromatic carboxylic acids is 1. The van der Waals surface area contributed by atoms with Gasteiger partial charge in [0, 0.05) is 6.07 Å². The molecule has 104 valence electrons. The normalized spacial score (nSPS) is 10.2. The molecule has 20 heavy (non-hydrogen) atoms. The Balaban J connectivity index is 2.52. The zero-order valence-electron chi connectivity index (χ0n) is 10.1. The molecule has 0 aliphatic carbocycles. The Morgan fingerprint density at radius 2 is 2.00 bits per heavy atom. The summed E-state index contributed by atoms with van der Waals surface area (Å²) in [5.74, 6) is -0.829. The summed E-state index contributed by atoms with van der Waals surface area (Å²) in [7, 11) is 1.40. The highest BCUT2D eigenvalue weighted by molar-refractivity contribution is 6.32. The van der Waals surface area contributed by atoms with Gasteiger partial charge in [-0.1, -0.05) is 29.3 Å². The number of carbonyl (C=O) groups is 1. The Labute approximate surface area is 123 Å². The highest BCUT2D eigenvalue weighted by atomic mass is 35.5. The molecule has 1 heterocycles. The number of methoxy groups -OCH3 is 1. The highest BCUT2D eigenvalue weighted by Crippen LogP contribution is 2.37. The van der Waals surface area contributed by atoms with Gasteiger partial charge in [0.05, 0.1) is 7.11 Å². The molecule has 0 spiro atoms. The van der Waals surface area contributed by atoms with Crippen LogP contribution >= 0.6 is 23.2 Å². The van der Waals surface area contributed by atoms with Crippen molar-refractivity contribution in [3.8, 4) is 17.2 Å². The first-order chi connectivity index (χ1) is 9.52. The number of nitrogens with zero attached hydrogens (tertiary/aromatic N) is 2. The van der Waals surface area contributed by atoms with Crippen molar-refractivity contribution in [2.75, 3.05) is 7.11 Å². The average Bonchev–Trinajstić information content (AvgIpc) is 2.42. The van der Waals surface area contributed by atoms with Crippen molar-refractivity contribution >= 4 is 29.2 Å². The molecule has 0 saturated heterocycles. The van der Waals surface area contributed by atoms with Crippen molar-refractivity contribution in [1.82, 2.24) is 10.2 Å². The molecule has 1 aromatic heterocycles. The maximum Gasteiger partial charge on any atom is 0.339 e. The lowest BCUT2D eigenvalue weighted by Crippen LogP contribution is -2.02. The van der Waals surface area contributed by atoms with Gasteiger partial charge in [0.1, 0.15) is 5.56 Å². The van der Waals surface area contributed by atoms with E-state index in [2.05, 4.69) is 10.2 Å². The second kappa shape index (κ2) is 5.94. The van der Waals surface area contributed by atoms with Crippen LogP contribution in [0.5, 0.6) is 17.2 Å². The number of aromatic nitrogens is 2. The van der Waals surface area contributed by atoms with Crippen LogP contribution in [0.1, 0.15) is 10.4 Å². The smallest absolute Gasteiger partial charge is 0.339 e. The zero-order valence-corrected chi connectivity index (χ0v) is 11.6. The Morgan fingerprint density at radius 1 is 1.25 bits per heavy atom. The minimum absolute atomic E-state index is 0.00784. The third-order valence-corrected chi connectivity index (χ3v) is 2.77. The van der Waals surface area contributed by atoms with Gasteiger partial charge in [0.15, 0.2) is 27.6 Å². The van der Waals surface area contributed by atoms with Gasteiger partial charge in [0.25, 0.3) is 0 Å². The van der Waals surface area contributed by atoms with E-state index < -0.39 is 5.97 Å². The fourth-order valence-electron chi connectivity index (χ4n) is 1.47. The lowest BCUT2D eigenvalue weighted by Gasteiger charge is -2.13. The third-order valence-electron chi connectivity index (χ3n) is 2.33. The highest BCUT2D eigenvalue weighted by Gasteiger charge is 2.18. The summed E-state index contributed by atoms with van der Waals surface area (Å²) in [6.07, 6.45) is 0. The van der Waals surface area contributed by atoms with Gasteiger partial charge in [-0.05, 0) is 12.1 Å². The average molecular weight is 315 g/mol.